The van der Waals surface area contributed by atoms with E-state index in [1.54, 1.807) is 0 Å². The van der Waals surface area contributed by atoms with Crippen LogP contribution in [0, 0.1) is 6.07 Å². The number of carboxylic acids is 4. The quantitative estimate of drug-likeness (QED) is 0.457. The van der Waals surface area contributed by atoms with Crippen molar-refractivity contribution in [2.75, 3.05) is 0 Å². The van der Waals surface area contributed by atoms with Gasteiger partial charge in [0.15, 0.2) is 0 Å². The summed E-state index contributed by atoms with van der Waals surface area (Å²) in [5.41, 5.74) is -3.96. The monoisotopic (exact) mass is 309 g/mol. The van der Waals surface area contributed by atoms with Crippen molar-refractivity contribution in [2.24, 2.45) is 0 Å². The van der Waals surface area contributed by atoms with Gasteiger partial charge in [0, 0.05) is 22.6 Å². The van der Waals surface area contributed by atoms with E-state index in [-0.39, 0.29) is 17.1 Å². The molecule has 0 aromatic heterocycles. The van der Waals surface area contributed by atoms with Crippen molar-refractivity contribution < 1.29 is 56.7 Å². The number of carbonyl (C=O) groups is 4. The van der Waals surface area contributed by atoms with Crippen LogP contribution < -0.4 is 0 Å². The van der Waals surface area contributed by atoms with Crippen LogP contribution in [0.5, 0.6) is 0 Å². The molecule has 0 fully saturated rings. The van der Waals surface area contributed by atoms with Gasteiger partial charge in [0.1, 0.15) is 0 Å². The van der Waals surface area contributed by atoms with Crippen LogP contribution in [0.1, 0.15) is 41.4 Å². The summed E-state index contributed by atoms with van der Waals surface area (Å²) in [7, 11) is 0. The molecule has 0 aliphatic carbocycles. The second-order valence-electron chi connectivity index (χ2n) is 3.05. The van der Waals surface area contributed by atoms with Gasteiger partial charge in [-0.3, -0.25) is 9.59 Å². The van der Waals surface area contributed by atoms with Gasteiger partial charge in [-0.25, -0.2) is 4.79 Å². The maximum atomic E-state index is 10.9. The Bertz CT molecular complexity index is 526. The second kappa shape index (κ2) is 5.98. The number of hydrogen-bond donors (Lipinski definition) is 4. The van der Waals surface area contributed by atoms with Crippen LogP contribution in [0.25, 0.3) is 0 Å². The minimum atomic E-state index is -1.86. The zero-order valence-electron chi connectivity index (χ0n) is 8.85. The van der Waals surface area contributed by atoms with Gasteiger partial charge in [-0.05, 0) is 11.1 Å². The van der Waals surface area contributed by atoms with Gasteiger partial charge in [-0.2, -0.15) is 0 Å². The summed E-state index contributed by atoms with van der Waals surface area (Å²) in [6.07, 6.45) is 0. The maximum absolute atomic E-state index is 10.9. The van der Waals surface area contributed by atoms with Gasteiger partial charge in [0.2, 0.25) is 5.97 Å². The molecule has 0 radical (unpaired) electrons. The van der Waals surface area contributed by atoms with E-state index < -0.39 is 46.1 Å². The third-order valence-corrected chi connectivity index (χ3v) is 2.00. The Balaban J connectivity index is 0.00000324. The fourth-order valence-electron chi connectivity index (χ4n) is 1.32. The van der Waals surface area contributed by atoms with Crippen LogP contribution in [-0.4, -0.2) is 44.3 Å². The smallest absolute Gasteiger partial charge is 0.318 e. The topological polar surface area (TPSA) is 149 Å². The first-order valence-corrected chi connectivity index (χ1v) is 4.29. The molecule has 1 rings (SSSR count). The molecule has 0 bridgehead atoms. The molecule has 4 N–H and O–H groups in total. The Morgan fingerprint density at radius 2 is 1.26 bits per heavy atom. The Hall–Kier alpha value is -2.38. The van der Waals surface area contributed by atoms with Gasteiger partial charge in [-0.15, -0.1) is 12.1 Å². The first kappa shape index (κ1) is 16.6. The van der Waals surface area contributed by atoms with Crippen molar-refractivity contribution in [3.05, 3.63) is 34.4 Å². The van der Waals surface area contributed by atoms with E-state index >= 15 is 0 Å². The molecule has 0 atom stereocenters. The Kier molecular flexibility index (Phi) is 5.23. The molecule has 9 heteroatoms. The van der Waals surface area contributed by atoms with Crippen LogP contribution >= 0.6 is 0 Å². The number of aromatic carboxylic acids is 4. The number of rotatable bonds is 4. The minimum absolute atomic E-state index is 0. The van der Waals surface area contributed by atoms with Crippen molar-refractivity contribution in [1.82, 2.24) is 0 Å². The molecule has 0 unspecified atom stereocenters. The van der Waals surface area contributed by atoms with E-state index in [0.717, 1.165) is 0 Å². The zero-order valence-corrected chi connectivity index (χ0v) is 9.96. The summed E-state index contributed by atoms with van der Waals surface area (Å²) in [6, 6.07) is 2.55. The zero-order chi connectivity index (χ0) is 14.0. The Morgan fingerprint density at radius 1 is 0.789 bits per heavy atom. The van der Waals surface area contributed by atoms with Crippen molar-refractivity contribution in [1.29, 1.82) is 0 Å². The molecule has 1 aromatic carbocycles. The summed E-state index contributed by atoms with van der Waals surface area (Å²) in [6.45, 7) is 0. The number of benzene rings is 1. The van der Waals surface area contributed by atoms with E-state index in [1.807, 2.05) is 6.07 Å². The average molecular weight is 309 g/mol. The summed E-state index contributed by atoms with van der Waals surface area (Å²) in [5.74, 6) is -7.11. The van der Waals surface area contributed by atoms with Crippen LogP contribution in [0.2, 0.25) is 0 Å². The van der Waals surface area contributed by atoms with Crippen molar-refractivity contribution in [3.8, 4) is 0 Å². The molecule has 0 heterocycles. The van der Waals surface area contributed by atoms with Gasteiger partial charge in [0.05, 0.1) is 0 Å². The predicted molar refractivity (Wildman–Crippen MR) is 53.1 cm³/mol. The molecule has 0 spiro atoms. The molecule has 8 nitrogen and oxygen atoms in total. The van der Waals surface area contributed by atoms with Gasteiger partial charge in [-0.1, -0.05) is 5.56 Å². The van der Waals surface area contributed by atoms with Gasteiger partial charge < -0.3 is 25.2 Å². The van der Waals surface area contributed by atoms with E-state index in [2.05, 4.69) is 0 Å². The van der Waals surface area contributed by atoms with Crippen molar-refractivity contribution in [3.63, 3.8) is 0 Å². The first-order valence-electron chi connectivity index (χ1n) is 4.29. The fraction of sp³-hybridized carbons (Fsp3) is 0. The summed E-state index contributed by atoms with van der Waals surface area (Å²) in [4.78, 5) is 43.3. The van der Waals surface area contributed by atoms with E-state index in [9.17, 15) is 19.2 Å². The molecule has 19 heavy (non-hydrogen) atoms. The van der Waals surface area contributed by atoms with Crippen molar-refractivity contribution in [2.45, 2.75) is 0 Å². The molecule has 102 valence electrons. The van der Waals surface area contributed by atoms with Crippen LogP contribution in [0.4, 0.5) is 0 Å². The van der Waals surface area contributed by atoms with E-state index in [4.69, 9.17) is 20.4 Å². The molecule has 0 aliphatic rings. The maximum Gasteiger partial charge on any atom is 0.318 e. The van der Waals surface area contributed by atoms with Crippen molar-refractivity contribution >= 4 is 23.9 Å². The second-order valence-corrected chi connectivity index (χ2v) is 3.05. The molecule has 0 amide bonds. The predicted octanol–water partition coefficient (Wildman–Crippen LogP) is 0.277. The number of hydrogen-bond acceptors (Lipinski definition) is 4. The molecular weight excluding hydrogens is 304 g/mol. The molecule has 1 aromatic rings. The Morgan fingerprint density at radius 3 is 1.58 bits per heavy atom. The minimum Gasteiger partial charge on any atom is -0.521 e. The fourth-order valence-corrected chi connectivity index (χ4v) is 1.32. The third-order valence-electron chi connectivity index (χ3n) is 2.00. The van der Waals surface area contributed by atoms with Gasteiger partial charge in [0.25, 0.3) is 11.9 Å². The van der Waals surface area contributed by atoms with Crippen LogP contribution in [-0.2, 0) is 17.1 Å². The summed E-state index contributed by atoms with van der Waals surface area (Å²) < 4.78 is 0. The molecule has 0 aliphatic heterocycles. The normalized spacial score (nSPS) is 9.26. The summed E-state index contributed by atoms with van der Waals surface area (Å²) in [5, 5.41) is 35.1. The Labute approximate surface area is 115 Å². The number of carboxylic acid groups (broad SMARTS) is 4. The molecule has 0 saturated carbocycles. The van der Waals surface area contributed by atoms with Crippen LogP contribution in [0.15, 0.2) is 6.07 Å². The standard InChI is InChI=1S/C10H5O8.Fe/c11-7(12)3-1-2-4(8(13)14)6(10(17)18)5(3)9(15)16;/h1H,(H,11,12)(H,13,14)(H,15,16)(H,17,18);/q-1;. The van der Waals surface area contributed by atoms with Crippen LogP contribution in [0.3, 0.4) is 0 Å². The van der Waals surface area contributed by atoms with E-state index in [1.165, 1.54) is 0 Å². The van der Waals surface area contributed by atoms with E-state index in [0.29, 0.717) is 6.07 Å². The molecular formula is C10H5FeO8-. The van der Waals surface area contributed by atoms with Gasteiger partial charge >= 0.3 is 5.97 Å². The SMILES string of the molecule is O=C(O)c1[c-]cc(C(=O)O)c(C(=O)O)c1C(=O)O.[Fe]. The largest absolute Gasteiger partial charge is 0.521 e. The summed E-state index contributed by atoms with van der Waals surface area (Å²) >= 11 is 0. The average Bonchev–Trinajstić information content (AvgIpc) is 2.26. The molecule has 0 saturated heterocycles. The third kappa shape index (κ3) is 3.09. The first-order chi connectivity index (χ1) is 8.27.